The van der Waals surface area contributed by atoms with Gasteiger partial charge in [0.2, 0.25) is 0 Å². The smallest absolute Gasteiger partial charge is 0.191 e. The Kier molecular flexibility index (Phi) is 11.4. The monoisotopic (exact) mass is 446 g/mol. The van der Waals surface area contributed by atoms with Gasteiger partial charge in [-0.2, -0.15) is 0 Å². The molecule has 0 bridgehead atoms. The third-order valence-corrected chi connectivity index (χ3v) is 5.54. The van der Waals surface area contributed by atoms with Crippen LogP contribution >= 0.6 is 24.0 Å². The highest BCUT2D eigenvalue weighted by Crippen LogP contribution is 2.10. The van der Waals surface area contributed by atoms with E-state index in [1.54, 1.807) is 14.0 Å². The Morgan fingerprint density at radius 2 is 1.91 bits per heavy atom. The Labute approximate surface area is 152 Å². The number of sulfone groups is 1. The number of piperidine rings is 1. The van der Waals surface area contributed by atoms with E-state index in [-0.39, 0.29) is 35.5 Å². The minimum Gasteiger partial charge on any atom is -0.355 e. The summed E-state index contributed by atoms with van der Waals surface area (Å²) in [6.45, 7) is 7.70. The Hall–Kier alpha value is -0.0900. The van der Waals surface area contributed by atoms with Crippen molar-refractivity contribution in [2.24, 2.45) is 4.99 Å². The van der Waals surface area contributed by atoms with Crippen molar-refractivity contribution in [3.63, 3.8) is 0 Å². The van der Waals surface area contributed by atoms with E-state index in [0.717, 1.165) is 25.9 Å². The van der Waals surface area contributed by atoms with E-state index in [4.69, 9.17) is 0 Å². The first-order valence-electron chi connectivity index (χ1n) is 7.90. The number of guanidine groups is 1. The van der Waals surface area contributed by atoms with Crippen LogP contribution in [0.5, 0.6) is 0 Å². The predicted octanol–water partition coefficient (Wildman–Crippen LogP) is 1.08. The van der Waals surface area contributed by atoms with Crippen LogP contribution in [0.1, 0.15) is 33.1 Å². The number of hydrogen-bond acceptors (Lipinski definition) is 4. The lowest BCUT2D eigenvalue weighted by atomic mass is 10.1. The molecule has 0 radical (unpaired) electrons. The number of nitrogens with one attached hydrogen (secondary N) is 2. The zero-order chi connectivity index (χ0) is 15.7. The van der Waals surface area contributed by atoms with Crippen LogP contribution in [0.2, 0.25) is 0 Å². The molecule has 22 heavy (non-hydrogen) atoms. The first-order valence-corrected chi connectivity index (χ1v) is 9.72. The molecule has 0 spiro atoms. The molecule has 0 atom stereocenters. The quantitative estimate of drug-likeness (QED) is 0.348. The van der Waals surface area contributed by atoms with E-state index in [0.29, 0.717) is 18.5 Å². The molecule has 0 unspecified atom stereocenters. The molecule has 1 rings (SSSR count). The molecule has 0 aromatic heterocycles. The molecule has 1 aliphatic heterocycles. The minimum atomic E-state index is -2.92. The number of hydrogen-bond donors (Lipinski definition) is 2. The summed E-state index contributed by atoms with van der Waals surface area (Å²) in [7, 11) is -1.20. The molecule has 1 heterocycles. The van der Waals surface area contributed by atoms with Gasteiger partial charge < -0.3 is 15.5 Å². The summed E-state index contributed by atoms with van der Waals surface area (Å²) in [5.74, 6) is 1.05. The summed E-state index contributed by atoms with van der Waals surface area (Å²) in [5, 5.41) is 6.48. The van der Waals surface area contributed by atoms with Crippen molar-refractivity contribution < 1.29 is 8.42 Å². The summed E-state index contributed by atoms with van der Waals surface area (Å²) in [4.78, 5) is 6.66. The maximum Gasteiger partial charge on any atom is 0.191 e. The largest absolute Gasteiger partial charge is 0.355 e. The lowest BCUT2D eigenvalue weighted by molar-refractivity contribution is 0.206. The average Bonchev–Trinajstić information content (AvgIpc) is 2.48. The van der Waals surface area contributed by atoms with Crippen molar-refractivity contribution in [2.75, 3.05) is 44.7 Å². The Balaban J connectivity index is 0.00000441. The standard InChI is InChI=1S/C14H30N4O2S.HI/c1-4-9-18-10-6-13(7-11-18)17-14(15-3)16-8-12-21(19,20)5-2;/h13H,4-12H2,1-3H3,(H2,15,16,17);1H. The van der Waals surface area contributed by atoms with E-state index in [9.17, 15) is 8.42 Å². The van der Waals surface area contributed by atoms with Crippen LogP contribution in [0, 0.1) is 0 Å². The Morgan fingerprint density at radius 1 is 1.27 bits per heavy atom. The fraction of sp³-hybridized carbons (Fsp3) is 0.929. The molecule has 8 heteroatoms. The number of halogens is 1. The van der Waals surface area contributed by atoms with Crippen molar-refractivity contribution in [3.05, 3.63) is 0 Å². The van der Waals surface area contributed by atoms with E-state index >= 15 is 0 Å². The molecular weight excluding hydrogens is 415 g/mol. The van der Waals surface area contributed by atoms with Gasteiger partial charge in [0.1, 0.15) is 0 Å². The molecule has 1 aliphatic rings. The van der Waals surface area contributed by atoms with Crippen LogP contribution in [0.3, 0.4) is 0 Å². The topological polar surface area (TPSA) is 73.8 Å². The fourth-order valence-corrected chi connectivity index (χ4v) is 3.18. The Morgan fingerprint density at radius 3 is 2.41 bits per heavy atom. The second kappa shape index (κ2) is 11.4. The third-order valence-electron chi connectivity index (χ3n) is 3.84. The van der Waals surface area contributed by atoms with Gasteiger partial charge in [-0.3, -0.25) is 4.99 Å². The molecule has 0 amide bonds. The average molecular weight is 446 g/mol. The van der Waals surface area contributed by atoms with Crippen LogP contribution in [-0.4, -0.2) is 70.1 Å². The highest BCUT2D eigenvalue weighted by molar-refractivity contribution is 14.0. The van der Waals surface area contributed by atoms with Gasteiger partial charge >= 0.3 is 0 Å². The maximum atomic E-state index is 11.5. The van der Waals surface area contributed by atoms with Crippen molar-refractivity contribution in [2.45, 2.75) is 39.2 Å². The van der Waals surface area contributed by atoms with Gasteiger partial charge in [0, 0.05) is 38.5 Å². The second-order valence-electron chi connectivity index (χ2n) is 5.50. The van der Waals surface area contributed by atoms with Crippen LogP contribution in [0.25, 0.3) is 0 Å². The first kappa shape index (κ1) is 21.9. The molecule has 6 nitrogen and oxygen atoms in total. The van der Waals surface area contributed by atoms with Gasteiger partial charge in [0.25, 0.3) is 0 Å². The van der Waals surface area contributed by atoms with E-state index in [1.807, 2.05) is 0 Å². The van der Waals surface area contributed by atoms with Gasteiger partial charge in [-0.15, -0.1) is 24.0 Å². The van der Waals surface area contributed by atoms with Crippen LogP contribution in [0.4, 0.5) is 0 Å². The highest BCUT2D eigenvalue weighted by atomic mass is 127. The number of likely N-dealkylation sites (tertiary alicyclic amines) is 1. The summed E-state index contributed by atoms with van der Waals surface area (Å²) >= 11 is 0. The van der Waals surface area contributed by atoms with Crippen LogP contribution in [0.15, 0.2) is 4.99 Å². The molecular formula is C14H31IN4O2S. The Bertz CT molecular complexity index is 421. The molecule has 132 valence electrons. The van der Waals surface area contributed by atoms with Crippen molar-refractivity contribution in [1.82, 2.24) is 15.5 Å². The van der Waals surface area contributed by atoms with Crippen LogP contribution in [-0.2, 0) is 9.84 Å². The van der Waals surface area contributed by atoms with Gasteiger partial charge in [-0.1, -0.05) is 13.8 Å². The molecule has 0 aliphatic carbocycles. The molecule has 1 saturated heterocycles. The fourth-order valence-electron chi connectivity index (χ4n) is 2.47. The van der Waals surface area contributed by atoms with Crippen molar-refractivity contribution in [3.8, 4) is 0 Å². The molecule has 0 aromatic rings. The molecule has 2 N–H and O–H groups in total. The summed E-state index contributed by atoms with van der Waals surface area (Å²) < 4.78 is 22.9. The van der Waals surface area contributed by atoms with Gasteiger partial charge in [-0.05, 0) is 25.8 Å². The van der Waals surface area contributed by atoms with E-state index in [1.165, 1.54) is 13.0 Å². The zero-order valence-corrected chi connectivity index (χ0v) is 17.1. The third kappa shape index (κ3) is 8.52. The maximum absolute atomic E-state index is 11.5. The van der Waals surface area contributed by atoms with Crippen molar-refractivity contribution >= 4 is 39.8 Å². The van der Waals surface area contributed by atoms with Crippen LogP contribution < -0.4 is 10.6 Å². The molecule has 0 aromatic carbocycles. The molecule has 0 saturated carbocycles. The predicted molar refractivity (Wildman–Crippen MR) is 104 cm³/mol. The van der Waals surface area contributed by atoms with E-state index < -0.39 is 9.84 Å². The second-order valence-corrected chi connectivity index (χ2v) is 7.97. The summed E-state index contributed by atoms with van der Waals surface area (Å²) in [6.07, 6.45) is 3.41. The minimum absolute atomic E-state index is 0. The number of nitrogens with zero attached hydrogens (tertiary/aromatic N) is 2. The summed E-state index contributed by atoms with van der Waals surface area (Å²) in [6, 6.07) is 0.423. The molecule has 1 fully saturated rings. The zero-order valence-electron chi connectivity index (χ0n) is 14.0. The number of rotatable bonds is 7. The lowest BCUT2D eigenvalue weighted by Crippen LogP contribution is -2.49. The number of aliphatic imine (C=N–C) groups is 1. The van der Waals surface area contributed by atoms with Crippen molar-refractivity contribution in [1.29, 1.82) is 0 Å². The highest BCUT2D eigenvalue weighted by Gasteiger charge is 2.19. The summed E-state index contributed by atoms with van der Waals surface area (Å²) in [5.41, 5.74) is 0. The van der Waals surface area contributed by atoms with Gasteiger partial charge in [-0.25, -0.2) is 8.42 Å². The van der Waals surface area contributed by atoms with E-state index in [2.05, 4.69) is 27.4 Å². The first-order chi connectivity index (χ1) is 10.0. The SMILES string of the molecule is CCCN1CCC(NC(=NC)NCCS(=O)(=O)CC)CC1.I. The lowest BCUT2D eigenvalue weighted by Gasteiger charge is -2.32. The van der Waals surface area contributed by atoms with Gasteiger partial charge in [0.05, 0.1) is 5.75 Å². The van der Waals surface area contributed by atoms with Gasteiger partial charge in [0.15, 0.2) is 15.8 Å². The normalized spacial score (nSPS) is 17.9.